The molecule has 0 unspecified atom stereocenters. The molecule has 3 aromatic rings. The monoisotopic (exact) mass is 374 g/mol. The van der Waals surface area contributed by atoms with Crippen molar-refractivity contribution in [3.8, 4) is 5.75 Å². The van der Waals surface area contributed by atoms with E-state index in [1.54, 1.807) is 0 Å². The highest BCUT2D eigenvalue weighted by atomic mass is 16.5. The Balaban J connectivity index is 1.72. The number of anilines is 1. The van der Waals surface area contributed by atoms with Crippen LogP contribution in [0.4, 0.5) is 5.69 Å². The molecule has 4 nitrogen and oxygen atoms in total. The lowest BCUT2D eigenvalue weighted by molar-refractivity contribution is -0.115. The fourth-order valence-electron chi connectivity index (χ4n) is 3.07. The second kappa shape index (κ2) is 9.72. The number of carbonyl (C=O) groups is 1. The standard InChI is InChI=1S/C24H26N2O2/c1-3-28-22-12-8-7-11-21(22)26-23(27)17-25-24(19-9-5-4-6-10-19)20-15-13-18(2)14-16-20/h4-16,24-25H,3,17H2,1-2H3,(H,26,27)/t24-/m0/s1. The molecule has 0 aliphatic carbocycles. The quantitative estimate of drug-likeness (QED) is 0.600. The summed E-state index contributed by atoms with van der Waals surface area (Å²) in [4.78, 5) is 12.6. The Morgan fingerprint density at radius 3 is 2.25 bits per heavy atom. The van der Waals surface area contributed by atoms with Gasteiger partial charge in [0, 0.05) is 0 Å². The highest BCUT2D eigenvalue weighted by Gasteiger charge is 2.15. The molecule has 0 spiro atoms. The van der Waals surface area contributed by atoms with Gasteiger partial charge in [0.25, 0.3) is 0 Å². The average molecular weight is 374 g/mol. The second-order valence-corrected chi connectivity index (χ2v) is 6.61. The number of amides is 1. The highest BCUT2D eigenvalue weighted by molar-refractivity contribution is 5.93. The summed E-state index contributed by atoms with van der Waals surface area (Å²) in [6, 6.07) is 25.9. The molecule has 0 saturated heterocycles. The topological polar surface area (TPSA) is 50.4 Å². The van der Waals surface area contributed by atoms with Crippen molar-refractivity contribution >= 4 is 11.6 Å². The van der Waals surface area contributed by atoms with Crippen LogP contribution in [0.3, 0.4) is 0 Å². The first-order valence-electron chi connectivity index (χ1n) is 9.54. The number of rotatable bonds is 8. The van der Waals surface area contributed by atoms with Crippen molar-refractivity contribution in [3.63, 3.8) is 0 Å². The van der Waals surface area contributed by atoms with E-state index in [1.807, 2.05) is 49.4 Å². The minimum atomic E-state index is -0.111. The highest BCUT2D eigenvalue weighted by Crippen LogP contribution is 2.24. The van der Waals surface area contributed by atoms with Gasteiger partial charge in [-0.1, -0.05) is 72.3 Å². The van der Waals surface area contributed by atoms with Gasteiger partial charge in [0.05, 0.1) is 24.9 Å². The predicted molar refractivity (Wildman–Crippen MR) is 114 cm³/mol. The zero-order valence-corrected chi connectivity index (χ0v) is 16.3. The molecule has 1 amide bonds. The van der Waals surface area contributed by atoms with Crippen LogP contribution < -0.4 is 15.4 Å². The molecule has 0 bridgehead atoms. The van der Waals surface area contributed by atoms with Crippen molar-refractivity contribution < 1.29 is 9.53 Å². The number of para-hydroxylation sites is 2. The molecule has 0 heterocycles. The van der Waals surface area contributed by atoms with E-state index in [1.165, 1.54) is 5.56 Å². The first-order valence-corrected chi connectivity index (χ1v) is 9.54. The molecule has 0 aliphatic heterocycles. The van der Waals surface area contributed by atoms with Crippen LogP contribution in [0.2, 0.25) is 0 Å². The Labute approximate surface area is 166 Å². The number of carbonyl (C=O) groups excluding carboxylic acids is 1. The van der Waals surface area contributed by atoms with E-state index in [9.17, 15) is 4.79 Å². The van der Waals surface area contributed by atoms with E-state index in [0.29, 0.717) is 18.0 Å². The molecular weight excluding hydrogens is 348 g/mol. The van der Waals surface area contributed by atoms with E-state index < -0.39 is 0 Å². The van der Waals surface area contributed by atoms with E-state index >= 15 is 0 Å². The van der Waals surface area contributed by atoms with Gasteiger partial charge in [0.15, 0.2) is 0 Å². The van der Waals surface area contributed by atoms with Gasteiger partial charge < -0.3 is 10.1 Å². The molecule has 0 fully saturated rings. The molecular formula is C24H26N2O2. The van der Waals surface area contributed by atoms with Gasteiger partial charge in [-0.05, 0) is 37.1 Å². The lowest BCUT2D eigenvalue weighted by Gasteiger charge is -2.20. The van der Waals surface area contributed by atoms with Crippen LogP contribution in [-0.4, -0.2) is 19.1 Å². The SMILES string of the molecule is CCOc1ccccc1NC(=O)CN[C@@H](c1ccccc1)c1ccc(C)cc1. The van der Waals surface area contributed by atoms with Crippen molar-refractivity contribution in [3.05, 3.63) is 95.6 Å². The van der Waals surface area contributed by atoms with Crippen LogP contribution in [-0.2, 0) is 4.79 Å². The maximum atomic E-state index is 12.6. The summed E-state index contributed by atoms with van der Waals surface area (Å²) in [7, 11) is 0. The van der Waals surface area contributed by atoms with Gasteiger partial charge >= 0.3 is 0 Å². The van der Waals surface area contributed by atoms with Crippen LogP contribution >= 0.6 is 0 Å². The number of nitrogens with one attached hydrogen (secondary N) is 2. The molecule has 0 aromatic heterocycles. The minimum Gasteiger partial charge on any atom is -0.492 e. The molecule has 144 valence electrons. The third-order valence-corrected chi connectivity index (χ3v) is 4.47. The third-order valence-electron chi connectivity index (χ3n) is 4.47. The van der Waals surface area contributed by atoms with Crippen molar-refractivity contribution in [2.75, 3.05) is 18.5 Å². The minimum absolute atomic E-state index is 0.0605. The normalized spacial score (nSPS) is 11.6. The molecule has 2 N–H and O–H groups in total. The maximum absolute atomic E-state index is 12.6. The maximum Gasteiger partial charge on any atom is 0.238 e. The Morgan fingerprint density at radius 1 is 0.893 bits per heavy atom. The van der Waals surface area contributed by atoms with Crippen molar-refractivity contribution in [2.45, 2.75) is 19.9 Å². The predicted octanol–water partition coefficient (Wildman–Crippen LogP) is 4.71. The van der Waals surface area contributed by atoms with Gasteiger partial charge in [-0.25, -0.2) is 0 Å². The Morgan fingerprint density at radius 2 is 1.54 bits per heavy atom. The van der Waals surface area contributed by atoms with Gasteiger partial charge in [-0.15, -0.1) is 0 Å². The molecule has 3 rings (SSSR count). The first kappa shape index (κ1) is 19.6. The fourth-order valence-corrected chi connectivity index (χ4v) is 3.07. The van der Waals surface area contributed by atoms with Crippen LogP contribution in [0.15, 0.2) is 78.9 Å². The van der Waals surface area contributed by atoms with Gasteiger partial charge in [0.2, 0.25) is 5.91 Å². The van der Waals surface area contributed by atoms with Crippen LogP contribution in [0.25, 0.3) is 0 Å². The van der Waals surface area contributed by atoms with Crippen molar-refractivity contribution in [1.29, 1.82) is 0 Å². The molecule has 0 saturated carbocycles. The lowest BCUT2D eigenvalue weighted by atomic mass is 9.98. The summed E-state index contributed by atoms with van der Waals surface area (Å²) >= 11 is 0. The van der Waals surface area contributed by atoms with E-state index in [0.717, 1.165) is 11.1 Å². The van der Waals surface area contributed by atoms with Gasteiger partial charge in [-0.2, -0.15) is 0 Å². The van der Waals surface area contributed by atoms with E-state index in [2.05, 4.69) is 54.0 Å². The number of hydrogen-bond donors (Lipinski definition) is 2. The summed E-state index contributed by atoms with van der Waals surface area (Å²) in [6.45, 7) is 4.73. The second-order valence-electron chi connectivity index (χ2n) is 6.61. The fraction of sp³-hybridized carbons (Fsp3) is 0.208. The molecule has 4 heteroatoms. The Kier molecular flexibility index (Phi) is 6.82. The van der Waals surface area contributed by atoms with Gasteiger partial charge in [0.1, 0.15) is 5.75 Å². The molecule has 3 aromatic carbocycles. The molecule has 0 aliphatic rings. The summed E-state index contributed by atoms with van der Waals surface area (Å²) in [5, 5.41) is 6.33. The zero-order valence-electron chi connectivity index (χ0n) is 16.3. The Bertz CT molecular complexity index is 892. The summed E-state index contributed by atoms with van der Waals surface area (Å²) in [5.41, 5.74) is 4.14. The zero-order chi connectivity index (χ0) is 19.8. The summed E-state index contributed by atoms with van der Waals surface area (Å²) < 4.78 is 5.58. The van der Waals surface area contributed by atoms with Crippen LogP contribution in [0, 0.1) is 6.92 Å². The van der Waals surface area contributed by atoms with Crippen LogP contribution in [0.1, 0.15) is 29.7 Å². The first-order chi connectivity index (χ1) is 13.7. The molecule has 28 heavy (non-hydrogen) atoms. The third kappa shape index (κ3) is 5.21. The molecule has 1 atom stereocenters. The number of hydrogen-bond acceptors (Lipinski definition) is 3. The largest absolute Gasteiger partial charge is 0.492 e. The van der Waals surface area contributed by atoms with E-state index in [-0.39, 0.29) is 18.5 Å². The van der Waals surface area contributed by atoms with Crippen molar-refractivity contribution in [1.82, 2.24) is 5.32 Å². The number of aryl methyl sites for hydroxylation is 1. The van der Waals surface area contributed by atoms with Gasteiger partial charge in [-0.3, -0.25) is 10.1 Å². The summed E-state index contributed by atoms with van der Waals surface area (Å²) in [5.74, 6) is 0.566. The smallest absolute Gasteiger partial charge is 0.238 e. The number of benzene rings is 3. The number of ether oxygens (including phenoxy) is 1. The lowest BCUT2D eigenvalue weighted by Crippen LogP contribution is -2.32. The van der Waals surface area contributed by atoms with Crippen molar-refractivity contribution in [2.24, 2.45) is 0 Å². The van der Waals surface area contributed by atoms with Crippen LogP contribution in [0.5, 0.6) is 5.75 Å². The Hall–Kier alpha value is -3.11. The molecule has 0 radical (unpaired) electrons. The average Bonchev–Trinajstić information content (AvgIpc) is 2.72. The summed E-state index contributed by atoms with van der Waals surface area (Å²) in [6.07, 6.45) is 0. The van der Waals surface area contributed by atoms with E-state index in [4.69, 9.17) is 4.74 Å².